The predicted octanol–water partition coefficient (Wildman–Crippen LogP) is 3.19. The Bertz CT molecular complexity index is 333. The molecule has 0 unspecified atom stereocenters. The quantitative estimate of drug-likeness (QED) is 0.573. The molecule has 1 aliphatic heterocycles. The van der Waals surface area contributed by atoms with Crippen LogP contribution in [0.4, 0.5) is 4.79 Å². The summed E-state index contributed by atoms with van der Waals surface area (Å²) >= 11 is 2.14. The molecular weight excluding hydrogens is 319 g/mol. The monoisotopic (exact) mass is 334 g/mol. The van der Waals surface area contributed by atoms with Crippen LogP contribution in [-0.4, -0.2) is 24.1 Å². The zero-order valence-electron chi connectivity index (χ0n) is 9.33. The first-order chi connectivity index (χ1) is 7.70. The molecule has 0 radical (unpaired) electrons. The van der Waals surface area contributed by atoms with E-state index in [0.29, 0.717) is 19.6 Å². The molecule has 0 spiro atoms. The maximum absolute atomic E-state index is 11.4. The average Bonchev–Trinajstić information content (AvgIpc) is 2.69. The molecule has 0 atom stereocenters. The normalized spacial score (nSPS) is 16.8. The van der Waals surface area contributed by atoms with Gasteiger partial charge in [0, 0.05) is 0 Å². The fourth-order valence-electron chi connectivity index (χ4n) is 1.51. The number of hydrogen-bond donors (Lipinski definition) is 0. The number of nitriles is 1. The minimum absolute atomic E-state index is 0.295. The summed E-state index contributed by atoms with van der Waals surface area (Å²) in [7, 11) is 0. The van der Waals surface area contributed by atoms with Crippen molar-refractivity contribution in [2.75, 3.05) is 13.2 Å². The Morgan fingerprint density at radius 3 is 2.94 bits per heavy atom. The summed E-state index contributed by atoms with van der Waals surface area (Å²) in [6, 6.07) is 2.15. The van der Waals surface area contributed by atoms with Gasteiger partial charge in [-0.05, 0) is 41.0 Å². The zero-order valence-corrected chi connectivity index (χ0v) is 11.5. The van der Waals surface area contributed by atoms with Gasteiger partial charge in [-0.2, -0.15) is 5.26 Å². The summed E-state index contributed by atoms with van der Waals surface area (Å²) < 4.78 is 5.75. The third-order valence-electron chi connectivity index (χ3n) is 2.41. The molecule has 1 amide bonds. The number of hydrogen-bond acceptors (Lipinski definition) is 3. The van der Waals surface area contributed by atoms with Gasteiger partial charge in [0.15, 0.2) is 0 Å². The molecule has 0 saturated carbocycles. The highest BCUT2D eigenvalue weighted by atomic mass is 127. The Balaban J connectivity index is 2.78. The standard InChI is InChI=1S/C11H15IN2O2/c1-2-3-4-9(5-6-13)10(12)14-7-8-16-11(14)15/h2-5,7-8H2,1H3/b10-9-. The van der Waals surface area contributed by atoms with Gasteiger partial charge in [0.1, 0.15) is 6.61 Å². The molecule has 1 fully saturated rings. The Morgan fingerprint density at radius 2 is 2.44 bits per heavy atom. The summed E-state index contributed by atoms with van der Waals surface area (Å²) in [5.74, 6) is 0. The van der Waals surface area contributed by atoms with Crippen molar-refractivity contribution >= 4 is 28.7 Å². The first kappa shape index (κ1) is 13.3. The van der Waals surface area contributed by atoms with Crippen LogP contribution in [0.2, 0.25) is 0 Å². The lowest BCUT2D eigenvalue weighted by Gasteiger charge is -2.15. The van der Waals surface area contributed by atoms with Crippen molar-refractivity contribution in [2.45, 2.75) is 32.6 Å². The molecule has 5 heteroatoms. The van der Waals surface area contributed by atoms with E-state index in [4.69, 9.17) is 10.00 Å². The lowest BCUT2D eigenvalue weighted by atomic mass is 10.1. The summed E-state index contributed by atoms with van der Waals surface area (Å²) in [5.41, 5.74) is 1.05. The van der Waals surface area contributed by atoms with Gasteiger partial charge < -0.3 is 4.74 Å². The molecule has 1 aliphatic rings. The maximum Gasteiger partial charge on any atom is 0.414 e. The van der Waals surface area contributed by atoms with Crippen LogP contribution >= 0.6 is 22.6 Å². The number of unbranched alkanes of at least 4 members (excludes halogenated alkanes) is 1. The molecule has 88 valence electrons. The highest BCUT2D eigenvalue weighted by Gasteiger charge is 2.25. The highest BCUT2D eigenvalue weighted by Crippen LogP contribution is 2.26. The van der Waals surface area contributed by atoms with Crippen LogP contribution < -0.4 is 0 Å². The van der Waals surface area contributed by atoms with E-state index in [1.165, 1.54) is 0 Å². The smallest absolute Gasteiger partial charge is 0.414 e. The van der Waals surface area contributed by atoms with Crippen molar-refractivity contribution in [1.29, 1.82) is 5.26 Å². The molecule has 0 aromatic rings. The van der Waals surface area contributed by atoms with E-state index >= 15 is 0 Å². The maximum atomic E-state index is 11.4. The third kappa shape index (κ3) is 3.37. The van der Waals surface area contributed by atoms with Crippen LogP contribution in [-0.2, 0) is 4.74 Å². The number of nitrogens with zero attached hydrogens (tertiary/aromatic N) is 2. The molecule has 1 heterocycles. The Morgan fingerprint density at radius 1 is 1.69 bits per heavy atom. The average molecular weight is 334 g/mol. The summed E-state index contributed by atoms with van der Waals surface area (Å²) in [5, 5.41) is 8.77. The largest absolute Gasteiger partial charge is 0.447 e. The van der Waals surface area contributed by atoms with Crippen LogP contribution in [0.5, 0.6) is 0 Å². The van der Waals surface area contributed by atoms with Crippen LogP contribution in [0.3, 0.4) is 0 Å². The number of ether oxygens (including phenoxy) is 1. The molecule has 0 aromatic heterocycles. The zero-order chi connectivity index (χ0) is 12.0. The second kappa shape index (κ2) is 6.74. The molecule has 4 nitrogen and oxygen atoms in total. The van der Waals surface area contributed by atoms with Crippen LogP contribution in [0, 0.1) is 11.3 Å². The van der Waals surface area contributed by atoms with E-state index in [-0.39, 0.29) is 6.09 Å². The number of amides is 1. The Labute approximate surface area is 109 Å². The van der Waals surface area contributed by atoms with Gasteiger partial charge in [0.25, 0.3) is 0 Å². The van der Waals surface area contributed by atoms with E-state index in [9.17, 15) is 4.79 Å². The number of halogens is 1. The van der Waals surface area contributed by atoms with Crippen molar-refractivity contribution in [3.63, 3.8) is 0 Å². The van der Waals surface area contributed by atoms with E-state index < -0.39 is 0 Å². The second-order valence-corrected chi connectivity index (χ2v) is 4.62. The Kier molecular flexibility index (Phi) is 5.60. The van der Waals surface area contributed by atoms with Gasteiger partial charge in [0.2, 0.25) is 0 Å². The fraction of sp³-hybridized carbons (Fsp3) is 0.636. The van der Waals surface area contributed by atoms with Crippen LogP contribution in [0.1, 0.15) is 32.6 Å². The molecular formula is C11H15IN2O2. The van der Waals surface area contributed by atoms with E-state index in [1.54, 1.807) is 4.90 Å². The van der Waals surface area contributed by atoms with Crippen molar-refractivity contribution in [1.82, 2.24) is 4.90 Å². The fourth-order valence-corrected chi connectivity index (χ4v) is 2.41. The number of carbonyl (C=O) groups is 1. The minimum Gasteiger partial charge on any atom is -0.447 e. The molecule has 1 saturated heterocycles. The molecule has 16 heavy (non-hydrogen) atoms. The third-order valence-corrected chi connectivity index (χ3v) is 3.76. The van der Waals surface area contributed by atoms with Gasteiger partial charge in [-0.3, -0.25) is 4.90 Å². The summed E-state index contributed by atoms with van der Waals surface area (Å²) in [4.78, 5) is 13.0. The molecule has 0 N–H and O–H groups in total. The highest BCUT2D eigenvalue weighted by molar-refractivity contribution is 14.1. The molecule has 1 rings (SSSR count). The van der Waals surface area contributed by atoms with Crippen molar-refractivity contribution in [3.8, 4) is 6.07 Å². The minimum atomic E-state index is -0.295. The van der Waals surface area contributed by atoms with Gasteiger partial charge in [-0.25, -0.2) is 4.79 Å². The van der Waals surface area contributed by atoms with Crippen molar-refractivity contribution < 1.29 is 9.53 Å². The van der Waals surface area contributed by atoms with Crippen LogP contribution in [0.15, 0.2) is 9.28 Å². The van der Waals surface area contributed by atoms with Gasteiger partial charge in [-0.15, -0.1) is 0 Å². The number of rotatable bonds is 5. The first-order valence-electron chi connectivity index (χ1n) is 5.39. The van der Waals surface area contributed by atoms with E-state index in [2.05, 4.69) is 35.6 Å². The number of allylic oxidation sites excluding steroid dienone is 1. The number of carbonyl (C=O) groups excluding carboxylic acids is 1. The lowest BCUT2D eigenvalue weighted by molar-refractivity contribution is 0.165. The molecule has 0 aliphatic carbocycles. The van der Waals surface area contributed by atoms with Crippen LogP contribution in [0.25, 0.3) is 0 Å². The van der Waals surface area contributed by atoms with Gasteiger partial charge >= 0.3 is 6.09 Å². The molecule has 0 aromatic carbocycles. The SMILES string of the molecule is CCCC/C(CC#N)=C(\I)N1CCOC1=O. The molecule has 0 bridgehead atoms. The van der Waals surface area contributed by atoms with Gasteiger partial charge in [-0.1, -0.05) is 13.3 Å². The summed E-state index contributed by atoms with van der Waals surface area (Å²) in [6.45, 7) is 3.15. The second-order valence-electron chi connectivity index (χ2n) is 3.60. The van der Waals surface area contributed by atoms with Crippen molar-refractivity contribution in [2.24, 2.45) is 0 Å². The Hall–Kier alpha value is -0.770. The first-order valence-corrected chi connectivity index (χ1v) is 6.47. The number of cyclic esters (lactones) is 1. The van der Waals surface area contributed by atoms with Gasteiger partial charge in [0.05, 0.1) is 22.7 Å². The lowest BCUT2D eigenvalue weighted by Crippen LogP contribution is -2.21. The topological polar surface area (TPSA) is 53.3 Å². The van der Waals surface area contributed by atoms with E-state index in [1.807, 2.05) is 0 Å². The summed E-state index contributed by atoms with van der Waals surface area (Å²) in [6.07, 6.45) is 3.11. The van der Waals surface area contributed by atoms with E-state index in [0.717, 1.165) is 28.5 Å². The predicted molar refractivity (Wildman–Crippen MR) is 68.9 cm³/mol. The van der Waals surface area contributed by atoms with Crippen molar-refractivity contribution in [3.05, 3.63) is 9.28 Å².